The van der Waals surface area contributed by atoms with Gasteiger partial charge in [-0.05, 0) is 18.8 Å². The van der Waals surface area contributed by atoms with Gasteiger partial charge in [-0.25, -0.2) is 10.1 Å². The molecule has 0 saturated carbocycles. The number of hydrogen-bond acceptors (Lipinski definition) is 1. The van der Waals surface area contributed by atoms with Gasteiger partial charge in [0.2, 0.25) is 0 Å². The minimum absolute atomic E-state index is 0.406. The first-order chi connectivity index (χ1) is 6.38. The molecule has 0 atom stereocenters. The van der Waals surface area contributed by atoms with Crippen LogP contribution in [0.1, 0.15) is 19.8 Å². The van der Waals surface area contributed by atoms with E-state index in [4.69, 9.17) is 0 Å². The van der Waals surface area contributed by atoms with Gasteiger partial charge < -0.3 is 4.90 Å². The summed E-state index contributed by atoms with van der Waals surface area (Å²) >= 11 is 0. The van der Waals surface area contributed by atoms with Crippen LogP contribution in [-0.2, 0) is 0 Å². The zero-order valence-corrected chi connectivity index (χ0v) is 7.90. The Labute approximate surface area is 80.3 Å². The van der Waals surface area contributed by atoms with E-state index in [-0.39, 0.29) is 0 Å². The van der Waals surface area contributed by atoms with Crippen LogP contribution in [0.2, 0.25) is 0 Å². The maximum atomic E-state index is 11.8. The van der Waals surface area contributed by atoms with E-state index in [1.165, 1.54) is 4.90 Å². The van der Waals surface area contributed by atoms with E-state index in [0.717, 1.165) is 18.2 Å². The molecule has 6 heteroatoms. The number of piperidine rings is 1. The first-order valence-electron chi connectivity index (χ1n) is 4.52. The van der Waals surface area contributed by atoms with Crippen LogP contribution in [0.5, 0.6) is 0 Å². The number of likely N-dealkylation sites (tertiary alicyclic amines) is 1. The summed E-state index contributed by atoms with van der Waals surface area (Å²) < 4.78 is 35.3. The SMILES string of the molecule is CC1CCN(C(=O)NC(F)(F)F)CC1. The van der Waals surface area contributed by atoms with Crippen molar-refractivity contribution >= 4 is 6.03 Å². The fourth-order valence-corrected chi connectivity index (χ4v) is 1.41. The van der Waals surface area contributed by atoms with Gasteiger partial charge >= 0.3 is 12.3 Å². The molecule has 0 aromatic carbocycles. The highest BCUT2D eigenvalue weighted by molar-refractivity contribution is 5.74. The molecule has 0 radical (unpaired) electrons. The number of rotatable bonds is 0. The Hall–Kier alpha value is -0.940. The van der Waals surface area contributed by atoms with Crippen molar-refractivity contribution in [1.82, 2.24) is 10.2 Å². The summed E-state index contributed by atoms with van der Waals surface area (Å²) in [5.74, 6) is 0.491. The van der Waals surface area contributed by atoms with Crippen molar-refractivity contribution in [2.45, 2.75) is 26.1 Å². The molecule has 1 saturated heterocycles. The Balaban J connectivity index is 2.38. The molecule has 14 heavy (non-hydrogen) atoms. The zero-order valence-electron chi connectivity index (χ0n) is 7.90. The number of carbonyl (C=O) groups excluding carboxylic acids is 1. The molecule has 1 aliphatic rings. The maximum Gasteiger partial charge on any atom is 0.485 e. The summed E-state index contributed by atoms with van der Waals surface area (Å²) in [6.07, 6.45) is -3.09. The second-order valence-electron chi connectivity index (χ2n) is 3.60. The van der Waals surface area contributed by atoms with Crippen LogP contribution in [-0.4, -0.2) is 30.3 Å². The van der Waals surface area contributed by atoms with Crippen molar-refractivity contribution in [2.75, 3.05) is 13.1 Å². The monoisotopic (exact) mass is 210 g/mol. The third-order valence-electron chi connectivity index (χ3n) is 2.32. The lowest BCUT2D eigenvalue weighted by atomic mass is 10.00. The standard InChI is InChI=1S/C8H13F3N2O/c1-6-2-4-13(5-3-6)7(14)12-8(9,10)11/h6H,2-5H2,1H3,(H,12,14). The van der Waals surface area contributed by atoms with Gasteiger partial charge in [0.15, 0.2) is 0 Å². The van der Waals surface area contributed by atoms with Gasteiger partial charge in [0.1, 0.15) is 0 Å². The smallest absolute Gasteiger partial charge is 0.325 e. The molecule has 0 spiro atoms. The molecule has 1 aliphatic heterocycles. The first-order valence-corrected chi connectivity index (χ1v) is 4.52. The highest BCUT2D eigenvalue weighted by Gasteiger charge is 2.33. The summed E-state index contributed by atoms with van der Waals surface area (Å²) in [5, 5.41) is 0.991. The van der Waals surface area contributed by atoms with E-state index >= 15 is 0 Å². The van der Waals surface area contributed by atoms with E-state index in [1.807, 2.05) is 6.92 Å². The summed E-state index contributed by atoms with van der Waals surface area (Å²) in [6.45, 7) is 2.84. The van der Waals surface area contributed by atoms with Gasteiger partial charge in [0, 0.05) is 13.1 Å². The van der Waals surface area contributed by atoms with Crippen LogP contribution in [0, 0.1) is 5.92 Å². The van der Waals surface area contributed by atoms with Crippen LogP contribution in [0.3, 0.4) is 0 Å². The van der Waals surface area contributed by atoms with Crippen molar-refractivity contribution in [3.05, 3.63) is 0 Å². The fraction of sp³-hybridized carbons (Fsp3) is 0.875. The predicted octanol–water partition coefficient (Wildman–Crippen LogP) is 1.95. The lowest BCUT2D eigenvalue weighted by Crippen LogP contribution is -2.49. The number of amides is 2. The average molecular weight is 210 g/mol. The molecular formula is C8H13F3N2O. The Kier molecular flexibility index (Phi) is 3.23. The van der Waals surface area contributed by atoms with Gasteiger partial charge in [0.25, 0.3) is 0 Å². The highest BCUT2D eigenvalue weighted by atomic mass is 19.4. The van der Waals surface area contributed by atoms with E-state index in [2.05, 4.69) is 0 Å². The van der Waals surface area contributed by atoms with E-state index in [0.29, 0.717) is 19.0 Å². The van der Waals surface area contributed by atoms with Crippen molar-refractivity contribution in [1.29, 1.82) is 0 Å². The number of nitrogens with one attached hydrogen (secondary N) is 1. The van der Waals surface area contributed by atoms with Gasteiger partial charge in [-0.15, -0.1) is 0 Å². The zero-order chi connectivity index (χ0) is 10.8. The number of halogens is 3. The molecule has 0 aliphatic carbocycles. The van der Waals surface area contributed by atoms with E-state index in [9.17, 15) is 18.0 Å². The van der Waals surface area contributed by atoms with Crippen molar-refractivity contribution in [3.63, 3.8) is 0 Å². The van der Waals surface area contributed by atoms with Crippen LogP contribution in [0.4, 0.5) is 18.0 Å². The number of hydrogen-bond donors (Lipinski definition) is 1. The van der Waals surface area contributed by atoms with Gasteiger partial charge in [-0.2, -0.15) is 13.2 Å². The summed E-state index contributed by atoms with van der Waals surface area (Å²) in [4.78, 5) is 12.2. The first kappa shape index (κ1) is 11.1. The lowest BCUT2D eigenvalue weighted by Gasteiger charge is -2.30. The molecule has 0 aromatic rings. The lowest BCUT2D eigenvalue weighted by molar-refractivity contribution is -0.147. The van der Waals surface area contributed by atoms with Crippen LogP contribution in [0.15, 0.2) is 0 Å². The van der Waals surface area contributed by atoms with Crippen molar-refractivity contribution in [2.24, 2.45) is 5.92 Å². The number of carbonyl (C=O) groups is 1. The van der Waals surface area contributed by atoms with Gasteiger partial charge in [0.05, 0.1) is 0 Å². The molecule has 0 unspecified atom stereocenters. The summed E-state index contributed by atoms with van der Waals surface area (Å²) in [6, 6.07) is -1.04. The second-order valence-corrected chi connectivity index (χ2v) is 3.60. The number of nitrogens with zero attached hydrogens (tertiary/aromatic N) is 1. The Bertz CT molecular complexity index is 209. The minimum Gasteiger partial charge on any atom is -0.325 e. The molecule has 0 bridgehead atoms. The fourth-order valence-electron chi connectivity index (χ4n) is 1.41. The molecule has 1 N–H and O–H groups in total. The molecular weight excluding hydrogens is 197 g/mol. The van der Waals surface area contributed by atoms with Crippen LogP contribution >= 0.6 is 0 Å². The predicted molar refractivity (Wildman–Crippen MR) is 44.6 cm³/mol. The van der Waals surface area contributed by atoms with Crippen molar-refractivity contribution in [3.8, 4) is 0 Å². The van der Waals surface area contributed by atoms with Crippen molar-refractivity contribution < 1.29 is 18.0 Å². The van der Waals surface area contributed by atoms with E-state index in [1.54, 1.807) is 0 Å². The molecule has 1 fully saturated rings. The van der Waals surface area contributed by atoms with Crippen LogP contribution < -0.4 is 5.32 Å². The molecule has 2 amide bonds. The van der Waals surface area contributed by atoms with Gasteiger partial charge in [-0.1, -0.05) is 6.92 Å². The Morgan fingerprint density at radius 1 is 1.36 bits per heavy atom. The highest BCUT2D eigenvalue weighted by Crippen LogP contribution is 2.17. The topological polar surface area (TPSA) is 32.3 Å². The number of urea groups is 1. The minimum atomic E-state index is -4.62. The molecule has 1 rings (SSSR count). The summed E-state index contributed by atoms with van der Waals surface area (Å²) in [7, 11) is 0. The molecule has 0 aromatic heterocycles. The number of alkyl halides is 3. The van der Waals surface area contributed by atoms with E-state index < -0.39 is 12.3 Å². The second kappa shape index (κ2) is 4.06. The average Bonchev–Trinajstić information content (AvgIpc) is 2.02. The normalized spacial score (nSPS) is 19.6. The summed E-state index contributed by atoms with van der Waals surface area (Å²) in [5.41, 5.74) is 0. The molecule has 82 valence electrons. The maximum absolute atomic E-state index is 11.8. The quantitative estimate of drug-likeness (QED) is 0.609. The Morgan fingerprint density at radius 3 is 2.29 bits per heavy atom. The van der Waals surface area contributed by atoms with Crippen LogP contribution in [0.25, 0.3) is 0 Å². The molecule has 3 nitrogen and oxygen atoms in total. The largest absolute Gasteiger partial charge is 0.485 e. The third kappa shape index (κ3) is 3.43. The Morgan fingerprint density at radius 2 is 1.86 bits per heavy atom. The third-order valence-corrected chi connectivity index (χ3v) is 2.32. The molecule has 1 heterocycles. The van der Waals surface area contributed by atoms with Gasteiger partial charge in [-0.3, -0.25) is 0 Å².